The summed E-state index contributed by atoms with van der Waals surface area (Å²) in [6.07, 6.45) is 1.37. The van der Waals surface area contributed by atoms with Gasteiger partial charge < -0.3 is 25.7 Å². The minimum Gasteiger partial charge on any atom is -0.481 e. The van der Waals surface area contributed by atoms with Gasteiger partial charge in [0.2, 0.25) is 0 Å². The van der Waals surface area contributed by atoms with Gasteiger partial charge in [0.15, 0.2) is 0 Å². The zero-order valence-corrected chi connectivity index (χ0v) is 15.3. The maximum Gasteiger partial charge on any atom is 0.303 e. The van der Waals surface area contributed by atoms with E-state index in [-0.39, 0.29) is 12.5 Å². The second-order valence-corrected chi connectivity index (χ2v) is 7.32. The van der Waals surface area contributed by atoms with Crippen molar-refractivity contribution < 1.29 is 25.2 Å². The molecule has 0 aliphatic carbocycles. The van der Waals surface area contributed by atoms with E-state index in [0.29, 0.717) is 25.8 Å². The number of fused-ring (bicyclic) bond motifs is 1. The van der Waals surface area contributed by atoms with Crippen LogP contribution in [0, 0.1) is 0 Å². The number of piperidine rings is 1. The molecular formula is C19H29N3O5. The number of aliphatic carboxylic acids is 1. The summed E-state index contributed by atoms with van der Waals surface area (Å²) in [5, 5.41) is 45.4. The summed E-state index contributed by atoms with van der Waals surface area (Å²) in [4.78, 5) is 12.4. The highest BCUT2D eigenvalue weighted by atomic mass is 16.4. The number of nitrogens with one attached hydrogen (secondary N) is 2. The van der Waals surface area contributed by atoms with E-state index in [1.54, 1.807) is 0 Å². The van der Waals surface area contributed by atoms with E-state index in [0.717, 1.165) is 36.2 Å². The zero-order valence-electron chi connectivity index (χ0n) is 15.3. The predicted molar refractivity (Wildman–Crippen MR) is 99.7 cm³/mol. The molecule has 150 valence electrons. The van der Waals surface area contributed by atoms with Crippen LogP contribution < -0.4 is 10.6 Å². The lowest BCUT2D eigenvalue weighted by Gasteiger charge is -2.39. The first kappa shape index (κ1) is 20.0. The van der Waals surface area contributed by atoms with Crippen molar-refractivity contribution in [3.8, 4) is 0 Å². The molecule has 2 aliphatic rings. The fourth-order valence-electron chi connectivity index (χ4n) is 3.96. The standard InChI is InChI=1S/C19H29N3O5/c23-16-9-8-15(18(26)21-16)22-11-13-12(19(22)27)5-4-6-14(13)20-10-3-1-2-7-17(24)25/h4-6,15-16,18-21,23,26-27H,1-3,7-11H2,(H,24,25). The third-order valence-electron chi connectivity index (χ3n) is 5.42. The molecule has 1 fully saturated rings. The number of rotatable bonds is 8. The van der Waals surface area contributed by atoms with Crippen molar-refractivity contribution in [2.24, 2.45) is 0 Å². The smallest absolute Gasteiger partial charge is 0.303 e. The number of benzene rings is 1. The normalized spacial score (nSPS) is 28.1. The number of hydrogen-bond donors (Lipinski definition) is 6. The Kier molecular flexibility index (Phi) is 6.67. The molecule has 4 unspecified atom stereocenters. The van der Waals surface area contributed by atoms with Crippen LogP contribution in [-0.2, 0) is 11.3 Å². The molecule has 2 heterocycles. The number of carbonyl (C=O) groups is 1. The molecule has 8 heteroatoms. The van der Waals surface area contributed by atoms with Gasteiger partial charge in [0.05, 0.1) is 6.04 Å². The number of aliphatic hydroxyl groups is 3. The Morgan fingerprint density at radius 1 is 1.19 bits per heavy atom. The number of aliphatic hydroxyl groups excluding tert-OH is 3. The van der Waals surface area contributed by atoms with Gasteiger partial charge in [0.25, 0.3) is 0 Å². The van der Waals surface area contributed by atoms with Crippen LogP contribution in [0.4, 0.5) is 5.69 Å². The predicted octanol–water partition coefficient (Wildman–Crippen LogP) is 0.939. The summed E-state index contributed by atoms with van der Waals surface area (Å²) in [7, 11) is 0. The first-order valence-electron chi connectivity index (χ1n) is 9.61. The minimum atomic E-state index is -0.886. The van der Waals surface area contributed by atoms with Crippen molar-refractivity contribution in [3.05, 3.63) is 29.3 Å². The van der Waals surface area contributed by atoms with Gasteiger partial charge >= 0.3 is 5.97 Å². The molecule has 8 nitrogen and oxygen atoms in total. The maximum atomic E-state index is 10.7. The maximum absolute atomic E-state index is 10.7. The molecular weight excluding hydrogens is 350 g/mol. The Labute approximate surface area is 158 Å². The molecule has 1 aromatic rings. The number of nitrogens with zero attached hydrogens (tertiary/aromatic N) is 1. The molecule has 2 aliphatic heterocycles. The highest BCUT2D eigenvalue weighted by Crippen LogP contribution is 2.39. The topological polar surface area (TPSA) is 125 Å². The lowest BCUT2D eigenvalue weighted by atomic mass is 10.0. The van der Waals surface area contributed by atoms with Crippen molar-refractivity contribution in [3.63, 3.8) is 0 Å². The van der Waals surface area contributed by atoms with E-state index in [1.807, 2.05) is 23.1 Å². The largest absolute Gasteiger partial charge is 0.481 e. The Bertz CT molecular complexity index is 656. The van der Waals surface area contributed by atoms with Gasteiger partial charge in [0.1, 0.15) is 18.7 Å². The molecule has 0 radical (unpaired) electrons. The van der Waals surface area contributed by atoms with Crippen LogP contribution in [0.25, 0.3) is 0 Å². The molecule has 1 saturated heterocycles. The molecule has 4 atom stereocenters. The average molecular weight is 379 g/mol. The number of unbranched alkanes of at least 4 members (excludes halogenated alkanes) is 2. The van der Waals surface area contributed by atoms with E-state index in [2.05, 4.69) is 10.6 Å². The Hall–Kier alpha value is -1.71. The fraction of sp³-hybridized carbons (Fsp3) is 0.632. The highest BCUT2D eigenvalue weighted by molar-refractivity contribution is 5.66. The Morgan fingerprint density at radius 2 is 2.00 bits per heavy atom. The molecule has 1 aromatic carbocycles. The van der Waals surface area contributed by atoms with E-state index in [4.69, 9.17) is 5.11 Å². The SMILES string of the molecule is O=C(O)CCCCCNc1cccc2c1CN(C1CCC(O)NC1O)C2O. The number of carboxylic acids is 1. The quantitative estimate of drug-likeness (QED) is 0.369. The van der Waals surface area contributed by atoms with Crippen LogP contribution >= 0.6 is 0 Å². The summed E-state index contributed by atoms with van der Waals surface area (Å²) in [6.45, 7) is 1.27. The van der Waals surface area contributed by atoms with Crippen LogP contribution in [-0.4, -0.2) is 56.3 Å². The summed E-state index contributed by atoms with van der Waals surface area (Å²) < 4.78 is 0. The van der Waals surface area contributed by atoms with E-state index >= 15 is 0 Å². The van der Waals surface area contributed by atoms with Crippen LogP contribution in [0.15, 0.2) is 18.2 Å². The molecule has 6 N–H and O–H groups in total. The molecule has 27 heavy (non-hydrogen) atoms. The van der Waals surface area contributed by atoms with Gasteiger partial charge in [0, 0.05) is 30.8 Å². The van der Waals surface area contributed by atoms with Crippen LogP contribution in [0.5, 0.6) is 0 Å². The van der Waals surface area contributed by atoms with Gasteiger partial charge in [-0.15, -0.1) is 0 Å². The third kappa shape index (κ3) is 4.77. The first-order chi connectivity index (χ1) is 13.0. The average Bonchev–Trinajstić information content (AvgIpc) is 2.95. The zero-order chi connectivity index (χ0) is 19.4. The summed E-state index contributed by atoms with van der Waals surface area (Å²) in [6, 6.07) is 5.51. The van der Waals surface area contributed by atoms with Crippen molar-refractivity contribution in [1.29, 1.82) is 0 Å². The third-order valence-corrected chi connectivity index (χ3v) is 5.42. The van der Waals surface area contributed by atoms with E-state index in [1.165, 1.54) is 0 Å². The van der Waals surface area contributed by atoms with Gasteiger partial charge in [-0.25, -0.2) is 0 Å². The second kappa shape index (κ2) is 8.99. The van der Waals surface area contributed by atoms with Gasteiger partial charge in [-0.05, 0) is 37.3 Å². The van der Waals surface area contributed by atoms with E-state index in [9.17, 15) is 20.1 Å². The lowest BCUT2D eigenvalue weighted by molar-refractivity contribution is -0.137. The van der Waals surface area contributed by atoms with Gasteiger partial charge in [-0.1, -0.05) is 18.6 Å². The first-order valence-corrected chi connectivity index (χ1v) is 9.61. The number of hydrogen-bond acceptors (Lipinski definition) is 7. The number of carboxylic acid groups (broad SMARTS) is 1. The molecule has 0 bridgehead atoms. The summed E-state index contributed by atoms with van der Waals surface area (Å²) in [5.74, 6) is -0.759. The Balaban J connectivity index is 1.58. The van der Waals surface area contributed by atoms with Crippen molar-refractivity contribution in [2.75, 3.05) is 11.9 Å². The monoisotopic (exact) mass is 379 g/mol. The summed E-state index contributed by atoms with van der Waals surface area (Å²) >= 11 is 0. The lowest BCUT2D eigenvalue weighted by Crippen LogP contribution is -2.56. The Morgan fingerprint density at radius 3 is 2.74 bits per heavy atom. The van der Waals surface area contributed by atoms with Crippen molar-refractivity contribution in [2.45, 2.75) is 69.8 Å². The minimum absolute atomic E-state index is 0.203. The molecule has 0 saturated carbocycles. The van der Waals surface area contributed by atoms with Crippen molar-refractivity contribution in [1.82, 2.24) is 10.2 Å². The molecule has 0 aromatic heterocycles. The molecule has 3 rings (SSSR count). The second-order valence-electron chi connectivity index (χ2n) is 7.32. The van der Waals surface area contributed by atoms with Crippen LogP contribution in [0.1, 0.15) is 55.9 Å². The van der Waals surface area contributed by atoms with Crippen LogP contribution in [0.2, 0.25) is 0 Å². The van der Waals surface area contributed by atoms with Crippen LogP contribution in [0.3, 0.4) is 0 Å². The van der Waals surface area contributed by atoms with Crippen molar-refractivity contribution >= 4 is 11.7 Å². The highest BCUT2D eigenvalue weighted by Gasteiger charge is 2.40. The van der Waals surface area contributed by atoms with E-state index < -0.39 is 24.7 Å². The van der Waals surface area contributed by atoms with Gasteiger partial charge in [-0.2, -0.15) is 0 Å². The molecule has 0 amide bonds. The fourth-order valence-corrected chi connectivity index (χ4v) is 3.96. The van der Waals surface area contributed by atoms with Gasteiger partial charge in [-0.3, -0.25) is 15.0 Å². The molecule has 0 spiro atoms. The summed E-state index contributed by atoms with van der Waals surface area (Å²) in [5.41, 5.74) is 2.82. The number of anilines is 1.